The molecule has 0 amide bonds. The van der Waals surface area contributed by atoms with E-state index in [0.29, 0.717) is 5.92 Å². The number of aromatic nitrogens is 2. The van der Waals surface area contributed by atoms with Crippen LogP contribution in [0.1, 0.15) is 49.5 Å². The first-order valence-corrected chi connectivity index (χ1v) is 5.81. The molecule has 1 aliphatic carbocycles. The minimum absolute atomic E-state index is 0.0332. The molecule has 3 heteroatoms. The first kappa shape index (κ1) is 10.6. The summed E-state index contributed by atoms with van der Waals surface area (Å²) >= 11 is 0. The molecule has 1 atom stereocenters. The van der Waals surface area contributed by atoms with Crippen molar-refractivity contribution in [1.29, 1.82) is 0 Å². The van der Waals surface area contributed by atoms with E-state index in [1.54, 1.807) is 0 Å². The molecule has 0 radical (unpaired) electrons. The van der Waals surface area contributed by atoms with Crippen LogP contribution in [-0.4, -0.2) is 9.97 Å². The summed E-state index contributed by atoms with van der Waals surface area (Å²) in [6.45, 7) is 2.00. The average Bonchev–Trinajstić information content (AvgIpc) is 2.30. The maximum Gasteiger partial charge on any atom is 0.145 e. The lowest BCUT2D eigenvalue weighted by molar-refractivity contribution is 0.300. The Hall–Kier alpha value is -0.960. The third kappa shape index (κ3) is 2.53. The lowest BCUT2D eigenvalue weighted by atomic mass is 9.84. The van der Waals surface area contributed by atoms with E-state index < -0.39 is 0 Å². The summed E-state index contributed by atoms with van der Waals surface area (Å²) in [5.74, 6) is 1.40. The zero-order valence-electron chi connectivity index (χ0n) is 9.32. The zero-order chi connectivity index (χ0) is 10.7. The van der Waals surface area contributed by atoms with Crippen molar-refractivity contribution in [1.82, 2.24) is 9.97 Å². The number of nitrogens with two attached hydrogens (primary N) is 1. The van der Waals surface area contributed by atoms with Crippen molar-refractivity contribution in [3.63, 3.8) is 0 Å². The molecule has 15 heavy (non-hydrogen) atoms. The van der Waals surface area contributed by atoms with E-state index in [0.717, 1.165) is 11.4 Å². The molecular formula is C12H19N3. The highest BCUT2D eigenvalue weighted by Gasteiger charge is 2.23. The van der Waals surface area contributed by atoms with E-state index in [4.69, 9.17) is 5.73 Å². The number of hydrogen-bond donors (Lipinski definition) is 1. The summed E-state index contributed by atoms with van der Waals surface area (Å²) in [6, 6.07) is 0.0332. The topological polar surface area (TPSA) is 51.8 Å². The molecule has 1 saturated carbocycles. The molecule has 3 nitrogen and oxygen atoms in total. The largest absolute Gasteiger partial charge is 0.321 e. The molecule has 0 saturated heterocycles. The average molecular weight is 205 g/mol. The Kier molecular flexibility index (Phi) is 3.31. The number of nitrogens with zero attached hydrogens (tertiary/aromatic N) is 2. The van der Waals surface area contributed by atoms with Crippen LogP contribution in [0.3, 0.4) is 0 Å². The molecule has 2 rings (SSSR count). The molecule has 1 unspecified atom stereocenters. The first-order valence-electron chi connectivity index (χ1n) is 5.81. The predicted octanol–water partition coefficient (Wildman–Crippen LogP) is 2.37. The van der Waals surface area contributed by atoms with Crippen molar-refractivity contribution in [2.24, 2.45) is 11.7 Å². The monoisotopic (exact) mass is 205 g/mol. The van der Waals surface area contributed by atoms with Gasteiger partial charge in [0.15, 0.2) is 0 Å². The van der Waals surface area contributed by atoms with Gasteiger partial charge in [-0.3, -0.25) is 0 Å². The van der Waals surface area contributed by atoms with E-state index >= 15 is 0 Å². The molecule has 2 N–H and O–H groups in total. The molecule has 1 aromatic rings. The fourth-order valence-electron chi connectivity index (χ4n) is 2.28. The SMILES string of the molecule is Cc1cnc(C(N)C2CCCCC2)nc1. The third-order valence-electron chi connectivity index (χ3n) is 3.26. The van der Waals surface area contributed by atoms with Crippen LogP contribution in [-0.2, 0) is 0 Å². The predicted molar refractivity (Wildman–Crippen MR) is 60.3 cm³/mol. The second-order valence-electron chi connectivity index (χ2n) is 4.54. The Bertz CT molecular complexity index is 301. The highest BCUT2D eigenvalue weighted by molar-refractivity contribution is 5.05. The van der Waals surface area contributed by atoms with Crippen LogP contribution in [0.25, 0.3) is 0 Å². The van der Waals surface area contributed by atoms with Crippen LogP contribution in [0.2, 0.25) is 0 Å². The minimum atomic E-state index is 0.0332. The van der Waals surface area contributed by atoms with E-state index in [9.17, 15) is 0 Å². The van der Waals surface area contributed by atoms with Crippen LogP contribution in [0.4, 0.5) is 0 Å². The van der Waals surface area contributed by atoms with Gasteiger partial charge in [0, 0.05) is 12.4 Å². The van der Waals surface area contributed by atoms with Crippen molar-refractivity contribution < 1.29 is 0 Å². The van der Waals surface area contributed by atoms with E-state index in [-0.39, 0.29) is 6.04 Å². The van der Waals surface area contributed by atoms with Crippen molar-refractivity contribution >= 4 is 0 Å². The summed E-state index contributed by atoms with van der Waals surface area (Å²) in [5.41, 5.74) is 7.29. The number of aryl methyl sites for hydroxylation is 1. The van der Waals surface area contributed by atoms with Gasteiger partial charge in [0.1, 0.15) is 5.82 Å². The summed E-state index contributed by atoms with van der Waals surface area (Å²) in [4.78, 5) is 8.63. The second-order valence-corrected chi connectivity index (χ2v) is 4.54. The fourth-order valence-corrected chi connectivity index (χ4v) is 2.28. The molecule has 1 heterocycles. The molecule has 82 valence electrons. The normalized spacial score (nSPS) is 20.1. The Morgan fingerprint density at radius 1 is 1.20 bits per heavy atom. The van der Waals surface area contributed by atoms with Crippen molar-refractivity contribution in [3.05, 3.63) is 23.8 Å². The van der Waals surface area contributed by atoms with Gasteiger partial charge in [-0.05, 0) is 31.2 Å². The molecule has 0 bridgehead atoms. The standard InChI is InChI=1S/C12H19N3/c1-9-7-14-12(15-8-9)11(13)10-5-3-2-4-6-10/h7-8,10-11H,2-6,13H2,1H3. The third-order valence-corrected chi connectivity index (χ3v) is 3.26. The van der Waals surface area contributed by atoms with Gasteiger partial charge in [-0.1, -0.05) is 19.3 Å². The van der Waals surface area contributed by atoms with Gasteiger partial charge in [0.05, 0.1) is 6.04 Å². The highest BCUT2D eigenvalue weighted by atomic mass is 14.9. The Labute approximate surface area is 91.1 Å². The number of hydrogen-bond acceptors (Lipinski definition) is 3. The van der Waals surface area contributed by atoms with Gasteiger partial charge in [-0.25, -0.2) is 9.97 Å². The van der Waals surface area contributed by atoms with Crippen molar-refractivity contribution in [3.8, 4) is 0 Å². The van der Waals surface area contributed by atoms with Crippen LogP contribution < -0.4 is 5.73 Å². The fraction of sp³-hybridized carbons (Fsp3) is 0.667. The van der Waals surface area contributed by atoms with Gasteiger partial charge in [0.25, 0.3) is 0 Å². The summed E-state index contributed by atoms with van der Waals surface area (Å²) in [7, 11) is 0. The Balaban J connectivity index is 2.05. The summed E-state index contributed by atoms with van der Waals surface area (Å²) in [6.07, 6.45) is 10.2. The number of rotatable bonds is 2. The summed E-state index contributed by atoms with van der Waals surface area (Å²) in [5, 5.41) is 0. The lowest BCUT2D eigenvalue weighted by Crippen LogP contribution is -2.25. The van der Waals surface area contributed by atoms with Crippen LogP contribution in [0.5, 0.6) is 0 Å². The molecule has 0 aliphatic heterocycles. The van der Waals surface area contributed by atoms with Crippen LogP contribution >= 0.6 is 0 Å². The minimum Gasteiger partial charge on any atom is -0.321 e. The molecule has 1 aliphatic rings. The van der Waals surface area contributed by atoms with Gasteiger partial charge < -0.3 is 5.73 Å². The first-order chi connectivity index (χ1) is 7.27. The quantitative estimate of drug-likeness (QED) is 0.806. The van der Waals surface area contributed by atoms with E-state index in [2.05, 4.69) is 9.97 Å². The van der Waals surface area contributed by atoms with Crippen LogP contribution in [0, 0.1) is 12.8 Å². The Morgan fingerprint density at radius 2 is 1.80 bits per heavy atom. The van der Waals surface area contributed by atoms with Gasteiger partial charge in [-0.15, -0.1) is 0 Å². The smallest absolute Gasteiger partial charge is 0.145 e. The van der Waals surface area contributed by atoms with Crippen molar-refractivity contribution in [2.75, 3.05) is 0 Å². The van der Waals surface area contributed by atoms with Crippen LogP contribution in [0.15, 0.2) is 12.4 Å². The molecule has 0 spiro atoms. The zero-order valence-corrected chi connectivity index (χ0v) is 9.32. The van der Waals surface area contributed by atoms with E-state index in [1.807, 2.05) is 19.3 Å². The van der Waals surface area contributed by atoms with Crippen molar-refractivity contribution in [2.45, 2.75) is 45.1 Å². The molecule has 1 fully saturated rings. The molecule has 1 aromatic heterocycles. The molecular weight excluding hydrogens is 186 g/mol. The second kappa shape index (κ2) is 4.71. The lowest BCUT2D eigenvalue weighted by Gasteiger charge is -2.26. The molecule has 0 aromatic carbocycles. The summed E-state index contributed by atoms with van der Waals surface area (Å²) < 4.78 is 0. The van der Waals surface area contributed by atoms with Gasteiger partial charge in [0.2, 0.25) is 0 Å². The maximum absolute atomic E-state index is 6.19. The maximum atomic E-state index is 6.19. The Morgan fingerprint density at radius 3 is 2.40 bits per heavy atom. The van der Waals surface area contributed by atoms with Gasteiger partial charge >= 0.3 is 0 Å². The van der Waals surface area contributed by atoms with E-state index in [1.165, 1.54) is 32.1 Å². The highest BCUT2D eigenvalue weighted by Crippen LogP contribution is 2.31. The van der Waals surface area contributed by atoms with Gasteiger partial charge in [-0.2, -0.15) is 0 Å².